The highest BCUT2D eigenvalue weighted by Gasteiger charge is 2.29. The van der Waals surface area contributed by atoms with Crippen LogP contribution in [0, 0.1) is 11.7 Å². The van der Waals surface area contributed by atoms with Gasteiger partial charge in [-0.1, -0.05) is 30.7 Å². The molecule has 0 radical (unpaired) electrons. The molecule has 0 unspecified atom stereocenters. The van der Waals surface area contributed by atoms with Gasteiger partial charge in [0.1, 0.15) is 5.82 Å². The molecule has 1 amide bonds. The molecule has 0 saturated carbocycles. The van der Waals surface area contributed by atoms with Gasteiger partial charge in [0.05, 0.1) is 11.4 Å². The molecule has 0 atom stereocenters. The van der Waals surface area contributed by atoms with E-state index >= 15 is 0 Å². The van der Waals surface area contributed by atoms with Crippen molar-refractivity contribution in [2.75, 3.05) is 19.6 Å². The van der Waals surface area contributed by atoms with Crippen LogP contribution in [0.2, 0.25) is 5.02 Å². The number of amides is 1. The lowest BCUT2D eigenvalue weighted by Gasteiger charge is -2.32. The third-order valence-electron chi connectivity index (χ3n) is 5.17. The number of carbonyl (C=O) groups is 1. The molecule has 1 heterocycles. The number of carbonyl (C=O) groups excluding carboxylic acids is 1. The fourth-order valence-electron chi connectivity index (χ4n) is 3.28. The van der Waals surface area contributed by atoms with E-state index in [1.807, 2.05) is 0 Å². The van der Waals surface area contributed by atoms with Crippen molar-refractivity contribution in [2.45, 2.75) is 31.2 Å². The van der Waals surface area contributed by atoms with Crippen LogP contribution in [-0.2, 0) is 21.4 Å². The van der Waals surface area contributed by atoms with Crippen LogP contribution in [0.5, 0.6) is 0 Å². The van der Waals surface area contributed by atoms with Crippen LogP contribution in [-0.4, -0.2) is 43.2 Å². The summed E-state index contributed by atoms with van der Waals surface area (Å²) in [6.45, 7) is 3.11. The fourth-order valence-corrected chi connectivity index (χ4v) is 4.79. The summed E-state index contributed by atoms with van der Waals surface area (Å²) < 4.78 is 40.8. The third kappa shape index (κ3) is 5.56. The van der Waals surface area contributed by atoms with Gasteiger partial charge in [0.25, 0.3) is 0 Å². The summed E-state index contributed by atoms with van der Waals surface area (Å²) in [7, 11) is -3.94. The quantitative estimate of drug-likeness (QED) is 0.686. The first-order valence-corrected chi connectivity index (χ1v) is 11.4. The standard InChI is InChI=1S/C21H24ClFN2O3S/c1-16-10-12-24(13-11-16)21(26)15-25(14-17-2-6-19(23)7-3-17)29(27,28)20-8-4-18(22)5-9-20/h2-9,16H,10-15H2,1H3. The number of nitrogens with zero attached hydrogens (tertiary/aromatic N) is 2. The molecule has 0 aliphatic carbocycles. The van der Waals surface area contributed by atoms with Crippen molar-refractivity contribution in [3.8, 4) is 0 Å². The van der Waals surface area contributed by atoms with Crippen molar-refractivity contribution < 1.29 is 17.6 Å². The minimum atomic E-state index is -3.94. The highest BCUT2D eigenvalue weighted by Crippen LogP contribution is 2.22. The Morgan fingerprint density at radius 1 is 1.10 bits per heavy atom. The first-order chi connectivity index (χ1) is 13.8. The molecule has 0 bridgehead atoms. The monoisotopic (exact) mass is 438 g/mol. The Morgan fingerprint density at radius 2 is 1.69 bits per heavy atom. The number of likely N-dealkylation sites (tertiary alicyclic amines) is 1. The summed E-state index contributed by atoms with van der Waals surface area (Å²) in [6, 6.07) is 11.4. The first kappa shape index (κ1) is 21.7. The maximum Gasteiger partial charge on any atom is 0.243 e. The summed E-state index contributed by atoms with van der Waals surface area (Å²) in [5.41, 5.74) is 0.601. The molecule has 0 N–H and O–H groups in total. The number of hydrogen-bond donors (Lipinski definition) is 0. The van der Waals surface area contributed by atoms with Gasteiger partial charge < -0.3 is 4.90 Å². The van der Waals surface area contributed by atoms with Crippen LogP contribution in [0.15, 0.2) is 53.4 Å². The lowest BCUT2D eigenvalue weighted by molar-refractivity contribution is -0.132. The van der Waals surface area contributed by atoms with Crippen LogP contribution in [0.4, 0.5) is 4.39 Å². The zero-order valence-corrected chi connectivity index (χ0v) is 17.8. The maximum atomic E-state index is 13.2. The van der Waals surface area contributed by atoms with Crippen LogP contribution in [0.1, 0.15) is 25.3 Å². The van der Waals surface area contributed by atoms with Gasteiger partial charge in [0.2, 0.25) is 15.9 Å². The average Bonchev–Trinajstić information content (AvgIpc) is 2.70. The largest absolute Gasteiger partial charge is 0.342 e. The maximum absolute atomic E-state index is 13.2. The van der Waals surface area contributed by atoms with Crippen molar-refractivity contribution in [1.82, 2.24) is 9.21 Å². The molecule has 2 aromatic carbocycles. The molecule has 5 nitrogen and oxygen atoms in total. The second kappa shape index (κ2) is 9.24. The summed E-state index contributed by atoms with van der Waals surface area (Å²) in [5, 5.41) is 0.424. The molecule has 1 aliphatic heterocycles. The topological polar surface area (TPSA) is 57.7 Å². The molecule has 29 heavy (non-hydrogen) atoms. The van der Waals surface area contributed by atoms with Gasteiger partial charge in [-0.3, -0.25) is 4.79 Å². The molecule has 1 saturated heterocycles. The highest BCUT2D eigenvalue weighted by atomic mass is 35.5. The van der Waals surface area contributed by atoms with E-state index in [9.17, 15) is 17.6 Å². The van der Waals surface area contributed by atoms with E-state index in [2.05, 4.69) is 6.92 Å². The molecule has 0 spiro atoms. The minimum Gasteiger partial charge on any atom is -0.342 e. The molecule has 0 aromatic heterocycles. The van der Waals surface area contributed by atoms with E-state index < -0.39 is 15.8 Å². The number of rotatable bonds is 6. The van der Waals surface area contributed by atoms with Gasteiger partial charge in [0, 0.05) is 24.7 Å². The van der Waals surface area contributed by atoms with Crippen molar-refractivity contribution in [2.24, 2.45) is 5.92 Å². The van der Waals surface area contributed by atoms with Gasteiger partial charge in [-0.15, -0.1) is 0 Å². The lowest BCUT2D eigenvalue weighted by Crippen LogP contribution is -2.45. The van der Waals surface area contributed by atoms with Crippen LogP contribution in [0.3, 0.4) is 0 Å². The van der Waals surface area contributed by atoms with Crippen molar-refractivity contribution in [1.29, 1.82) is 0 Å². The van der Waals surface area contributed by atoms with E-state index in [1.54, 1.807) is 4.90 Å². The number of sulfonamides is 1. The van der Waals surface area contributed by atoms with E-state index in [0.29, 0.717) is 29.6 Å². The number of piperidine rings is 1. The summed E-state index contributed by atoms with van der Waals surface area (Å²) in [4.78, 5) is 14.6. The Hall–Kier alpha value is -1.96. The second-order valence-electron chi connectivity index (χ2n) is 7.42. The zero-order valence-electron chi connectivity index (χ0n) is 16.2. The third-order valence-corrected chi connectivity index (χ3v) is 7.23. The Kier molecular flexibility index (Phi) is 6.93. The SMILES string of the molecule is CC1CCN(C(=O)CN(Cc2ccc(F)cc2)S(=O)(=O)c2ccc(Cl)cc2)CC1. The van der Waals surface area contributed by atoms with Gasteiger partial charge in [-0.05, 0) is 60.7 Å². The fraction of sp³-hybridized carbons (Fsp3) is 0.381. The molecule has 8 heteroatoms. The summed E-state index contributed by atoms with van der Waals surface area (Å²) in [6.07, 6.45) is 1.82. The summed E-state index contributed by atoms with van der Waals surface area (Å²) >= 11 is 5.88. The normalized spacial score (nSPS) is 15.7. The molecule has 1 aliphatic rings. The molecular weight excluding hydrogens is 415 g/mol. The van der Waals surface area contributed by atoms with Gasteiger partial charge in [0.15, 0.2) is 0 Å². The highest BCUT2D eigenvalue weighted by molar-refractivity contribution is 7.89. The summed E-state index contributed by atoms with van der Waals surface area (Å²) in [5.74, 6) is -0.0666. The zero-order chi connectivity index (χ0) is 21.0. The van der Waals surface area contributed by atoms with Gasteiger partial charge in [-0.25, -0.2) is 12.8 Å². The number of benzene rings is 2. The lowest BCUT2D eigenvalue weighted by atomic mass is 9.99. The Balaban J connectivity index is 1.85. The van der Waals surface area contributed by atoms with Gasteiger partial charge >= 0.3 is 0 Å². The number of hydrogen-bond acceptors (Lipinski definition) is 3. The minimum absolute atomic E-state index is 0.0266. The van der Waals surface area contributed by atoms with E-state index in [1.165, 1.54) is 48.5 Å². The molecule has 2 aromatic rings. The van der Waals surface area contributed by atoms with E-state index in [-0.39, 0.29) is 23.9 Å². The predicted octanol–water partition coefficient (Wildman–Crippen LogP) is 3.93. The van der Waals surface area contributed by atoms with E-state index in [0.717, 1.165) is 17.1 Å². The van der Waals surface area contributed by atoms with Crippen LogP contribution >= 0.6 is 11.6 Å². The Morgan fingerprint density at radius 3 is 2.28 bits per heavy atom. The first-order valence-electron chi connectivity index (χ1n) is 9.53. The second-order valence-corrected chi connectivity index (χ2v) is 9.79. The Labute approximate surface area is 176 Å². The smallest absolute Gasteiger partial charge is 0.243 e. The van der Waals surface area contributed by atoms with Crippen LogP contribution in [0.25, 0.3) is 0 Å². The van der Waals surface area contributed by atoms with Crippen molar-refractivity contribution >= 4 is 27.5 Å². The van der Waals surface area contributed by atoms with E-state index in [4.69, 9.17) is 11.6 Å². The predicted molar refractivity (Wildman–Crippen MR) is 110 cm³/mol. The Bertz CT molecular complexity index is 941. The number of halogens is 2. The molecule has 1 fully saturated rings. The molecule has 156 valence electrons. The average molecular weight is 439 g/mol. The van der Waals surface area contributed by atoms with Gasteiger partial charge in [-0.2, -0.15) is 4.31 Å². The molecular formula is C21H24ClFN2O3S. The van der Waals surface area contributed by atoms with Crippen molar-refractivity contribution in [3.63, 3.8) is 0 Å². The van der Waals surface area contributed by atoms with Crippen molar-refractivity contribution in [3.05, 3.63) is 64.9 Å². The molecule has 3 rings (SSSR count). The van der Waals surface area contributed by atoms with Crippen LogP contribution < -0.4 is 0 Å².